The van der Waals surface area contributed by atoms with E-state index in [0.717, 1.165) is 0 Å². The third-order valence-electron chi connectivity index (χ3n) is 2.30. The van der Waals surface area contributed by atoms with Crippen molar-refractivity contribution in [2.75, 3.05) is 11.5 Å². The van der Waals surface area contributed by atoms with Crippen LogP contribution < -0.4 is 0 Å². The van der Waals surface area contributed by atoms with Crippen molar-refractivity contribution in [1.82, 2.24) is 0 Å². The molecule has 1 atom stereocenters. The van der Waals surface area contributed by atoms with Gasteiger partial charge in [-0.1, -0.05) is 0 Å². The van der Waals surface area contributed by atoms with Gasteiger partial charge in [0.2, 0.25) is 0 Å². The molecule has 0 aromatic rings. The number of rotatable bonds is 7. The Kier molecular flexibility index (Phi) is 6.07. The molecular formula is C8H14O5S2. The van der Waals surface area contributed by atoms with Crippen molar-refractivity contribution in [2.24, 2.45) is 5.41 Å². The number of carbonyl (C=O) groups is 2. The standard InChI is InChI=1S/C8H14O5S2/c9-5(6(10)11)8(1-3-14,2-4-15)7(12)13/h5,9,14-15H,1-4H2,(H,10,11)(H,12,13). The molecule has 0 bridgehead atoms. The summed E-state index contributed by atoms with van der Waals surface area (Å²) >= 11 is 7.74. The van der Waals surface area contributed by atoms with Crippen molar-refractivity contribution in [3.05, 3.63) is 0 Å². The second kappa shape index (κ2) is 6.24. The van der Waals surface area contributed by atoms with Gasteiger partial charge in [-0.15, -0.1) is 0 Å². The van der Waals surface area contributed by atoms with Crippen LogP contribution in [0.4, 0.5) is 0 Å². The van der Waals surface area contributed by atoms with Crippen molar-refractivity contribution in [3.63, 3.8) is 0 Å². The molecule has 88 valence electrons. The van der Waals surface area contributed by atoms with Crippen LogP contribution in [0.5, 0.6) is 0 Å². The van der Waals surface area contributed by atoms with Gasteiger partial charge in [-0.2, -0.15) is 25.3 Å². The van der Waals surface area contributed by atoms with Gasteiger partial charge >= 0.3 is 11.9 Å². The van der Waals surface area contributed by atoms with E-state index in [1.807, 2.05) is 0 Å². The van der Waals surface area contributed by atoms with E-state index in [4.69, 9.17) is 10.2 Å². The molecular weight excluding hydrogens is 240 g/mol. The van der Waals surface area contributed by atoms with Gasteiger partial charge < -0.3 is 15.3 Å². The van der Waals surface area contributed by atoms with E-state index in [9.17, 15) is 14.7 Å². The molecule has 3 N–H and O–H groups in total. The lowest BCUT2D eigenvalue weighted by molar-refractivity contribution is -0.170. The molecule has 0 aliphatic heterocycles. The van der Waals surface area contributed by atoms with Crippen LogP contribution in [0.2, 0.25) is 0 Å². The van der Waals surface area contributed by atoms with Gasteiger partial charge in [0.15, 0.2) is 6.10 Å². The van der Waals surface area contributed by atoms with Crippen molar-refractivity contribution in [3.8, 4) is 0 Å². The number of hydrogen-bond acceptors (Lipinski definition) is 5. The Morgan fingerprint density at radius 2 is 1.53 bits per heavy atom. The predicted molar refractivity (Wildman–Crippen MR) is 60.7 cm³/mol. The lowest BCUT2D eigenvalue weighted by Crippen LogP contribution is -2.47. The van der Waals surface area contributed by atoms with Crippen LogP contribution in [0.25, 0.3) is 0 Å². The zero-order chi connectivity index (χ0) is 12.1. The normalized spacial score (nSPS) is 13.5. The van der Waals surface area contributed by atoms with Gasteiger partial charge in [-0.05, 0) is 24.3 Å². The third kappa shape index (κ3) is 3.29. The SMILES string of the molecule is O=C(O)C(O)C(CCS)(CCS)C(=O)O. The first-order chi connectivity index (χ1) is 6.92. The van der Waals surface area contributed by atoms with E-state index in [1.54, 1.807) is 0 Å². The first-order valence-electron chi connectivity index (χ1n) is 4.28. The van der Waals surface area contributed by atoms with E-state index < -0.39 is 23.5 Å². The third-order valence-corrected chi connectivity index (χ3v) is 2.75. The summed E-state index contributed by atoms with van der Waals surface area (Å²) in [5.74, 6) is -2.50. The maximum atomic E-state index is 11.1. The van der Waals surface area contributed by atoms with Crippen LogP contribution in [-0.4, -0.2) is 44.9 Å². The fourth-order valence-corrected chi connectivity index (χ4v) is 2.16. The minimum atomic E-state index is -1.94. The Balaban J connectivity index is 5.09. The summed E-state index contributed by atoms with van der Waals surface area (Å²) in [5, 5.41) is 27.1. The number of aliphatic hydroxyl groups excluding tert-OH is 1. The molecule has 0 aliphatic carbocycles. The average Bonchev–Trinajstić information content (AvgIpc) is 2.15. The number of aliphatic hydroxyl groups is 1. The lowest BCUT2D eigenvalue weighted by Gasteiger charge is -2.30. The molecule has 0 spiro atoms. The summed E-state index contributed by atoms with van der Waals surface area (Å²) in [6.45, 7) is 0. The van der Waals surface area contributed by atoms with Crippen molar-refractivity contribution in [1.29, 1.82) is 0 Å². The Labute approximate surface area is 98.3 Å². The Bertz CT molecular complexity index is 237. The smallest absolute Gasteiger partial charge is 0.333 e. The average molecular weight is 254 g/mol. The fraction of sp³-hybridized carbons (Fsp3) is 0.750. The monoisotopic (exact) mass is 254 g/mol. The second-order valence-electron chi connectivity index (χ2n) is 3.15. The molecule has 0 aromatic carbocycles. The molecule has 15 heavy (non-hydrogen) atoms. The minimum absolute atomic E-state index is 0.0144. The molecule has 0 heterocycles. The highest BCUT2D eigenvalue weighted by atomic mass is 32.1. The summed E-state index contributed by atoms with van der Waals surface area (Å²) in [5.41, 5.74) is -1.70. The number of hydrogen-bond donors (Lipinski definition) is 5. The van der Waals surface area contributed by atoms with Crippen LogP contribution in [-0.2, 0) is 9.59 Å². The van der Waals surface area contributed by atoms with Gasteiger partial charge in [-0.25, -0.2) is 4.79 Å². The quantitative estimate of drug-likeness (QED) is 0.417. The molecule has 0 aromatic heterocycles. The van der Waals surface area contributed by atoms with Crippen LogP contribution in [0.1, 0.15) is 12.8 Å². The summed E-state index contributed by atoms with van der Waals surface area (Å²) in [6, 6.07) is 0. The van der Waals surface area contributed by atoms with Gasteiger partial charge in [0.1, 0.15) is 5.41 Å². The zero-order valence-corrected chi connectivity index (χ0v) is 9.75. The molecule has 0 fully saturated rings. The molecule has 1 unspecified atom stereocenters. The van der Waals surface area contributed by atoms with Crippen LogP contribution >= 0.6 is 25.3 Å². The van der Waals surface area contributed by atoms with Gasteiger partial charge in [0, 0.05) is 0 Å². The Morgan fingerprint density at radius 3 is 1.73 bits per heavy atom. The highest BCUT2D eigenvalue weighted by molar-refractivity contribution is 7.80. The summed E-state index contributed by atoms with van der Waals surface area (Å²) in [7, 11) is 0. The first-order valence-corrected chi connectivity index (χ1v) is 5.55. The predicted octanol–water partition coefficient (Wildman–Crippen LogP) is 0.143. The fourth-order valence-electron chi connectivity index (χ4n) is 1.36. The first kappa shape index (κ1) is 14.6. The van der Waals surface area contributed by atoms with E-state index >= 15 is 0 Å². The van der Waals surface area contributed by atoms with Gasteiger partial charge in [0.25, 0.3) is 0 Å². The molecule has 5 nitrogen and oxygen atoms in total. The second-order valence-corrected chi connectivity index (χ2v) is 4.04. The van der Waals surface area contributed by atoms with E-state index in [1.165, 1.54) is 0 Å². The molecule has 0 amide bonds. The molecule has 0 rings (SSSR count). The number of carboxylic acids is 2. The molecule has 7 heteroatoms. The minimum Gasteiger partial charge on any atom is -0.481 e. The van der Waals surface area contributed by atoms with Crippen LogP contribution in [0.15, 0.2) is 0 Å². The summed E-state index contributed by atoms with van der Waals surface area (Å²) in [6.07, 6.45) is -1.96. The highest BCUT2D eigenvalue weighted by Gasteiger charge is 2.47. The molecule has 0 radical (unpaired) electrons. The number of aliphatic carboxylic acids is 2. The van der Waals surface area contributed by atoms with E-state index in [0.29, 0.717) is 0 Å². The van der Waals surface area contributed by atoms with Crippen molar-refractivity contribution >= 4 is 37.2 Å². The molecule has 0 saturated heterocycles. The van der Waals surface area contributed by atoms with E-state index in [2.05, 4.69) is 25.3 Å². The summed E-state index contributed by atoms with van der Waals surface area (Å²) < 4.78 is 0. The number of thiol groups is 2. The Morgan fingerprint density at radius 1 is 1.13 bits per heavy atom. The molecule has 0 saturated carbocycles. The number of carboxylic acid groups (broad SMARTS) is 2. The van der Waals surface area contributed by atoms with Crippen LogP contribution in [0, 0.1) is 5.41 Å². The summed E-state index contributed by atoms with van der Waals surface area (Å²) in [4.78, 5) is 21.7. The maximum Gasteiger partial charge on any atom is 0.333 e. The molecule has 0 aliphatic rings. The maximum absolute atomic E-state index is 11.1. The van der Waals surface area contributed by atoms with Crippen molar-refractivity contribution < 1.29 is 24.9 Å². The van der Waals surface area contributed by atoms with Gasteiger partial charge in [0.05, 0.1) is 0 Å². The lowest BCUT2D eigenvalue weighted by atomic mass is 9.77. The highest BCUT2D eigenvalue weighted by Crippen LogP contribution is 2.32. The zero-order valence-electron chi connectivity index (χ0n) is 7.96. The topological polar surface area (TPSA) is 94.8 Å². The van der Waals surface area contributed by atoms with Crippen LogP contribution in [0.3, 0.4) is 0 Å². The van der Waals surface area contributed by atoms with Gasteiger partial charge in [-0.3, -0.25) is 4.79 Å². The largest absolute Gasteiger partial charge is 0.481 e. The van der Waals surface area contributed by atoms with E-state index in [-0.39, 0.29) is 24.3 Å². The van der Waals surface area contributed by atoms with Crippen molar-refractivity contribution in [2.45, 2.75) is 18.9 Å². The Hall–Kier alpha value is -0.400.